The Balaban J connectivity index is 5.30. The molecule has 0 radical (unpaired) electrons. The third kappa shape index (κ3) is 64.6. The summed E-state index contributed by atoms with van der Waals surface area (Å²) in [6, 6.07) is 0. The highest BCUT2D eigenvalue weighted by Crippen LogP contribution is 2.45. The number of phosphoric acid groups is 2. The number of carbonyl (C=O) groups excluding carboxylic acids is 4. The van der Waals surface area contributed by atoms with Crippen LogP contribution in [-0.2, 0) is 65.4 Å². The molecule has 0 spiro atoms. The van der Waals surface area contributed by atoms with Crippen LogP contribution in [-0.4, -0.2) is 96.7 Å². The first-order valence-corrected chi connectivity index (χ1v) is 39.7. The van der Waals surface area contributed by atoms with Gasteiger partial charge in [-0.2, -0.15) is 0 Å². The highest BCUT2D eigenvalue weighted by atomic mass is 31.2. The summed E-state index contributed by atoms with van der Waals surface area (Å²) in [5.41, 5.74) is 0. The second-order valence-electron chi connectivity index (χ2n) is 26.5. The molecule has 0 aromatic heterocycles. The molecule has 91 heavy (non-hydrogen) atoms. The van der Waals surface area contributed by atoms with E-state index in [-0.39, 0.29) is 25.7 Å². The summed E-state index contributed by atoms with van der Waals surface area (Å²) in [4.78, 5) is 72.6. The van der Waals surface area contributed by atoms with Gasteiger partial charge in [-0.1, -0.05) is 285 Å². The van der Waals surface area contributed by atoms with Gasteiger partial charge in [0.1, 0.15) is 19.3 Å². The Morgan fingerprint density at radius 3 is 0.978 bits per heavy atom. The van der Waals surface area contributed by atoms with Crippen molar-refractivity contribution in [1.29, 1.82) is 0 Å². The van der Waals surface area contributed by atoms with E-state index in [4.69, 9.17) is 37.0 Å². The minimum Gasteiger partial charge on any atom is -0.462 e. The van der Waals surface area contributed by atoms with E-state index in [0.29, 0.717) is 25.7 Å². The van der Waals surface area contributed by atoms with Gasteiger partial charge in [0.15, 0.2) is 12.2 Å². The van der Waals surface area contributed by atoms with Gasteiger partial charge in [0, 0.05) is 25.7 Å². The van der Waals surface area contributed by atoms with Crippen LogP contribution in [0.3, 0.4) is 0 Å². The van der Waals surface area contributed by atoms with Crippen molar-refractivity contribution < 1.29 is 80.2 Å². The second-order valence-corrected chi connectivity index (χ2v) is 29.4. The van der Waals surface area contributed by atoms with E-state index in [1.165, 1.54) is 128 Å². The molecule has 0 fully saturated rings. The van der Waals surface area contributed by atoms with Crippen molar-refractivity contribution in [3.8, 4) is 0 Å². The molecule has 0 aliphatic heterocycles. The Kier molecular flexibility index (Phi) is 60.7. The molecule has 0 heterocycles. The van der Waals surface area contributed by atoms with E-state index in [9.17, 15) is 43.2 Å². The molecule has 0 rings (SSSR count). The number of ether oxygens (including phenoxy) is 4. The Labute approximate surface area is 554 Å². The average Bonchev–Trinajstić information content (AvgIpc) is 3.49. The predicted octanol–water partition coefficient (Wildman–Crippen LogP) is 20.2. The van der Waals surface area contributed by atoms with E-state index in [1.807, 2.05) is 0 Å². The lowest BCUT2D eigenvalue weighted by Gasteiger charge is -2.21. The van der Waals surface area contributed by atoms with Gasteiger partial charge in [-0.25, -0.2) is 9.13 Å². The number of unbranched alkanes of at least 4 members (excludes halogenated alkanes) is 32. The van der Waals surface area contributed by atoms with Crippen LogP contribution in [0.5, 0.6) is 0 Å². The van der Waals surface area contributed by atoms with Gasteiger partial charge in [-0.05, 0) is 69.1 Å². The van der Waals surface area contributed by atoms with E-state index in [0.717, 1.165) is 127 Å². The average molecular weight is 1340 g/mol. The van der Waals surface area contributed by atoms with E-state index >= 15 is 0 Å². The van der Waals surface area contributed by atoms with Gasteiger partial charge in [-0.15, -0.1) is 0 Å². The predicted molar refractivity (Wildman–Crippen MR) is 367 cm³/mol. The standard InChI is InChI=1S/C72H136O17P2/c1-8-10-11-12-13-14-15-16-17-18-19-27-32-41-48-55-71(76)89-68(60-83-70(75)54-47-40-35-34-38-45-52-65(7)9-2)62-87-91(80,81)85-58-66(73)57-84-90(78,79)86-61-67(88-72(77)56-49-42-33-28-23-21-25-30-37-44-51-64(5)6)59-82-69(74)53-46-39-31-26-22-20-24-29-36-43-50-63(3)4/h14-17,63-68,73H,8-13,18-62H2,1-7H3,(H,78,79)(H,80,81)/b15-14-,17-16-/t65?,66-,67-,68-/m1/s1. The smallest absolute Gasteiger partial charge is 0.462 e. The lowest BCUT2D eigenvalue weighted by Crippen LogP contribution is -2.30. The Morgan fingerprint density at radius 1 is 0.363 bits per heavy atom. The summed E-state index contributed by atoms with van der Waals surface area (Å²) in [6.07, 6.45) is 49.4. The molecule has 3 unspecified atom stereocenters. The Morgan fingerprint density at radius 2 is 0.648 bits per heavy atom. The molecule has 0 bridgehead atoms. The maximum Gasteiger partial charge on any atom is 0.472 e. The Bertz CT molecular complexity index is 1880. The molecule has 536 valence electrons. The van der Waals surface area contributed by atoms with Crippen molar-refractivity contribution in [3.63, 3.8) is 0 Å². The number of phosphoric ester groups is 2. The Hall–Kier alpha value is -2.46. The zero-order valence-corrected chi connectivity index (χ0v) is 60.6. The van der Waals surface area contributed by atoms with Crippen LogP contribution in [0.2, 0.25) is 0 Å². The molecule has 19 heteroatoms. The molecule has 0 aliphatic carbocycles. The minimum atomic E-state index is -4.96. The molecule has 0 aromatic rings. The number of rotatable bonds is 68. The van der Waals surface area contributed by atoms with Crippen molar-refractivity contribution in [2.75, 3.05) is 39.6 Å². The monoisotopic (exact) mass is 1330 g/mol. The molecular formula is C72H136O17P2. The van der Waals surface area contributed by atoms with Crippen LogP contribution in [0.4, 0.5) is 0 Å². The number of aliphatic hydroxyl groups is 1. The summed E-state index contributed by atoms with van der Waals surface area (Å²) in [6.45, 7) is 11.7. The fourth-order valence-electron chi connectivity index (χ4n) is 10.3. The summed E-state index contributed by atoms with van der Waals surface area (Å²) < 4.78 is 68.3. The van der Waals surface area contributed by atoms with Crippen LogP contribution in [0.1, 0.15) is 337 Å². The SMILES string of the molecule is CCCCCC/C=C\C=C/CCCCCCCC(=O)O[C@H](COC(=O)CCCCCCCCC(C)CC)COP(=O)(O)OC[C@H](O)COP(=O)(O)OC[C@@H](COC(=O)CCCCCCCCCCCCC(C)C)OC(=O)CCCCCCCCCCCCC(C)C. The van der Waals surface area contributed by atoms with Crippen molar-refractivity contribution in [2.24, 2.45) is 17.8 Å². The quantitative estimate of drug-likeness (QED) is 0.0169. The maximum absolute atomic E-state index is 13.0. The van der Waals surface area contributed by atoms with Gasteiger partial charge in [0.05, 0.1) is 26.4 Å². The summed E-state index contributed by atoms with van der Waals surface area (Å²) in [7, 11) is -9.92. The number of carbonyl (C=O) groups is 4. The van der Waals surface area contributed by atoms with Crippen molar-refractivity contribution >= 4 is 39.5 Å². The maximum atomic E-state index is 13.0. The van der Waals surface area contributed by atoms with Crippen molar-refractivity contribution in [1.82, 2.24) is 0 Å². The molecule has 0 saturated heterocycles. The number of allylic oxidation sites excluding steroid dienone is 4. The molecule has 3 N–H and O–H groups in total. The molecular weight excluding hydrogens is 1200 g/mol. The summed E-state index contributed by atoms with van der Waals surface area (Å²) in [5.74, 6) is 0.0793. The van der Waals surface area contributed by atoms with Crippen LogP contribution in [0.25, 0.3) is 0 Å². The van der Waals surface area contributed by atoms with Crippen LogP contribution in [0.15, 0.2) is 24.3 Å². The van der Waals surface area contributed by atoms with Crippen molar-refractivity contribution in [3.05, 3.63) is 24.3 Å². The molecule has 0 aromatic carbocycles. The number of aliphatic hydroxyl groups excluding tert-OH is 1. The molecule has 0 aliphatic rings. The lowest BCUT2D eigenvalue weighted by molar-refractivity contribution is -0.161. The first-order chi connectivity index (χ1) is 43.8. The topological polar surface area (TPSA) is 237 Å². The minimum absolute atomic E-state index is 0.0837. The zero-order chi connectivity index (χ0) is 67.3. The zero-order valence-electron chi connectivity index (χ0n) is 58.8. The van der Waals surface area contributed by atoms with Gasteiger partial charge < -0.3 is 33.8 Å². The fraction of sp³-hybridized carbons (Fsp3) is 0.889. The molecule has 0 amide bonds. The summed E-state index contributed by atoms with van der Waals surface area (Å²) in [5, 5.41) is 10.6. The van der Waals surface area contributed by atoms with Gasteiger partial charge >= 0.3 is 39.5 Å². The third-order valence-electron chi connectivity index (χ3n) is 16.4. The molecule has 0 saturated carbocycles. The number of esters is 4. The summed E-state index contributed by atoms with van der Waals surface area (Å²) >= 11 is 0. The first kappa shape index (κ1) is 88.5. The fourth-order valence-corrected chi connectivity index (χ4v) is 11.9. The van der Waals surface area contributed by atoms with Crippen LogP contribution < -0.4 is 0 Å². The largest absolute Gasteiger partial charge is 0.472 e. The third-order valence-corrected chi connectivity index (χ3v) is 18.3. The van der Waals surface area contributed by atoms with E-state index in [2.05, 4.69) is 72.8 Å². The number of hydrogen-bond acceptors (Lipinski definition) is 15. The van der Waals surface area contributed by atoms with Gasteiger partial charge in [-0.3, -0.25) is 37.3 Å². The normalized spacial score (nSPS) is 14.6. The van der Waals surface area contributed by atoms with Gasteiger partial charge in [0.2, 0.25) is 0 Å². The molecule has 17 nitrogen and oxygen atoms in total. The van der Waals surface area contributed by atoms with Crippen LogP contribution in [0, 0.1) is 17.8 Å². The first-order valence-electron chi connectivity index (χ1n) is 36.7. The van der Waals surface area contributed by atoms with E-state index < -0.39 is 97.5 Å². The lowest BCUT2D eigenvalue weighted by atomic mass is 10.00. The highest BCUT2D eigenvalue weighted by molar-refractivity contribution is 7.47. The highest BCUT2D eigenvalue weighted by Gasteiger charge is 2.30. The number of hydrogen-bond donors (Lipinski definition) is 3. The van der Waals surface area contributed by atoms with Crippen molar-refractivity contribution in [2.45, 2.75) is 356 Å². The molecule has 6 atom stereocenters. The van der Waals surface area contributed by atoms with Gasteiger partial charge in [0.25, 0.3) is 0 Å². The second kappa shape index (κ2) is 62.4. The van der Waals surface area contributed by atoms with E-state index in [1.54, 1.807) is 0 Å². The van der Waals surface area contributed by atoms with Crippen LogP contribution >= 0.6 is 15.6 Å².